The molecule has 5 rings (SSSR count). The zero-order chi connectivity index (χ0) is 21.0. The van der Waals surface area contributed by atoms with Crippen LogP contribution in [-0.4, -0.2) is 27.4 Å². The lowest BCUT2D eigenvalue weighted by Gasteiger charge is -2.28. The van der Waals surface area contributed by atoms with Gasteiger partial charge in [0.15, 0.2) is 0 Å². The molecule has 0 radical (unpaired) electrons. The molecular weight excluding hydrogens is 514 g/mol. The molecule has 2 aliphatic carbocycles. The molecule has 2 aromatic rings. The van der Waals surface area contributed by atoms with Crippen LogP contribution in [-0.2, 0) is 20.9 Å². The molecule has 2 bridgehead atoms. The number of anilines is 1. The normalized spacial score (nSPS) is 31.9. The lowest BCUT2D eigenvalue weighted by Crippen LogP contribution is -2.37. The van der Waals surface area contributed by atoms with Crippen molar-refractivity contribution in [2.24, 2.45) is 23.7 Å². The fourth-order valence-corrected chi connectivity index (χ4v) is 7.03. The molecule has 5 nitrogen and oxygen atoms in total. The van der Waals surface area contributed by atoms with Gasteiger partial charge in [0.25, 0.3) is 0 Å². The molecule has 1 aliphatic heterocycles. The SMILES string of the molecule is O=C(OCc1ccccc1)c1ccc(N2C(=O)[C@@H]3[C@H]4C[C@H]([C@H](Br)[C@@H]4Br)[C@@H]3C2=O)cc1. The number of esters is 1. The Morgan fingerprint density at radius 3 is 2.03 bits per heavy atom. The van der Waals surface area contributed by atoms with Crippen molar-refractivity contribution in [1.82, 2.24) is 0 Å². The summed E-state index contributed by atoms with van der Waals surface area (Å²) in [6.45, 7) is 0.193. The van der Waals surface area contributed by atoms with E-state index in [9.17, 15) is 14.4 Å². The Kier molecular flexibility index (Phi) is 5.06. The van der Waals surface area contributed by atoms with E-state index in [1.165, 1.54) is 4.90 Å². The number of alkyl halides is 2. The first-order valence-electron chi connectivity index (χ1n) is 9.94. The van der Waals surface area contributed by atoms with Crippen molar-refractivity contribution in [2.75, 3.05) is 4.90 Å². The maximum Gasteiger partial charge on any atom is 0.338 e. The summed E-state index contributed by atoms with van der Waals surface area (Å²) in [7, 11) is 0. The molecule has 2 amide bonds. The summed E-state index contributed by atoms with van der Waals surface area (Å²) in [5.74, 6) is -0.839. The third-order valence-electron chi connectivity index (χ3n) is 6.56. The highest BCUT2D eigenvalue weighted by atomic mass is 79.9. The van der Waals surface area contributed by atoms with Crippen LogP contribution >= 0.6 is 31.9 Å². The first-order chi connectivity index (χ1) is 14.5. The molecular formula is C23H19Br2NO4. The zero-order valence-corrected chi connectivity index (χ0v) is 19.1. The Labute approximate surface area is 191 Å². The van der Waals surface area contributed by atoms with E-state index in [1.807, 2.05) is 30.3 Å². The number of benzene rings is 2. The van der Waals surface area contributed by atoms with Gasteiger partial charge in [0.05, 0.1) is 23.1 Å². The molecule has 7 heteroatoms. The molecule has 6 atom stereocenters. The third-order valence-corrected chi connectivity index (χ3v) is 9.77. The summed E-state index contributed by atoms with van der Waals surface area (Å²) >= 11 is 7.39. The Balaban J connectivity index is 1.31. The fraction of sp³-hybridized carbons (Fsp3) is 0.348. The van der Waals surface area contributed by atoms with Crippen LogP contribution in [0.4, 0.5) is 5.69 Å². The second kappa shape index (κ2) is 7.61. The number of carbonyl (C=O) groups is 3. The number of ether oxygens (including phenoxy) is 1. The minimum absolute atomic E-state index is 0.124. The Morgan fingerprint density at radius 1 is 0.900 bits per heavy atom. The van der Waals surface area contributed by atoms with E-state index in [0.29, 0.717) is 11.3 Å². The molecule has 154 valence electrons. The lowest BCUT2D eigenvalue weighted by atomic mass is 9.81. The van der Waals surface area contributed by atoms with E-state index in [1.54, 1.807) is 24.3 Å². The third kappa shape index (κ3) is 3.05. The van der Waals surface area contributed by atoms with Gasteiger partial charge in [-0.3, -0.25) is 14.5 Å². The van der Waals surface area contributed by atoms with Gasteiger partial charge in [0.2, 0.25) is 11.8 Å². The van der Waals surface area contributed by atoms with Crippen molar-refractivity contribution in [3.63, 3.8) is 0 Å². The van der Waals surface area contributed by atoms with Crippen molar-refractivity contribution < 1.29 is 19.1 Å². The van der Waals surface area contributed by atoms with E-state index < -0.39 is 5.97 Å². The summed E-state index contributed by atoms with van der Waals surface area (Å²) in [5, 5.41) is 0. The summed E-state index contributed by atoms with van der Waals surface area (Å²) in [6, 6.07) is 16.0. The molecule has 0 unspecified atom stereocenters. The topological polar surface area (TPSA) is 63.7 Å². The highest BCUT2D eigenvalue weighted by molar-refractivity contribution is 9.12. The van der Waals surface area contributed by atoms with Gasteiger partial charge in [-0.05, 0) is 48.1 Å². The van der Waals surface area contributed by atoms with Gasteiger partial charge in [0, 0.05) is 9.65 Å². The van der Waals surface area contributed by atoms with Gasteiger partial charge in [-0.1, -0.05) is 62.2 Å². The van der Waals surface area contributed by atoms with Crippen LogP contribution in [0.15, 0.2) is 54.6 Å². The molecule has 2 saturated carbocycles. The van der Waals surface area contributed by atoms with Crippen molar-refractivity contribution in [3.8, 4) is 0 Å². The van der Waals surface area contributed by atoms with Crippen molar-refractivity contribution in [2.45, 2.75) is 22.7 Å². The number of rotatable bonds is 4. The highest BCUT2D eigenvalue weighted by Gasteiger charge is 2.66. The smallest absolute Gasteiger partial charge is 0.338 e. The largest absolute Gasteiger partial charge is 0.457 e. The minimum Gasteiger partial charge on any atom is -0.457 e. The molecule has 1 heterocycles. The Hall–Kier alpha value is -1.99. The molecule has 0 N–H and O–H groups in total. The van der Waals surface area contributed by atoms with Gasteiger partial charge in [-0.2, -0.15) is 0 Å². The van der Waals surface area contributed by atoms with Crippen molar-refractivity contribution >= 4 is 55.3 Å². The fourth-order valence-electron chi connectivity index (χ4n) is 5.16. The molecule has 2 aromatic carbocycles. The number of fused-ring (bicyclic) bond motifs is 5. The van der Waals surface area contributed by atoms with Gasteiger partial charge in [-0.25, -0.2) is 4.79 Å². The summed E-state index contributed by atoms with van der Waals surface area (Å²) < 4.78 is 5.35. The predicted octanol–water partition coefficient (Wildman–Crippen LogP) is 4.33. The van der Waals surface area contributed by atoms with Gasteiger partial charge < -0.3 is 4.74 Å². The first kappa shape index (κ1) is 19.9. The molecule has 1 saturated heterocycles. The van der Waals surface area contributed by atoms with Crippen LogP contribution in [0.1, 0.15) is 22.3 Å². The molecule has 30 heavy (non-hydrogen) atoms. The standard InChI is InChI=1S/C23H19Br2NO4/c24-19-15-10-16(20(19)25)18-17(15)21(27)26(22(18)28)14-8-6-13(7-9-14)23(29)30-11-12-4-2-1-3-5-12/h1-9,15-20H,10-11H2/t15-,16+,17-,18+,19-,20+. The second-order valence-electron chi connectivity index (χ2n) is 8.12. The van der Waals surface area contributed by atoms with Gasteiger partial charge >= 0.3 is 5.97 Å². The number of imide groups is 1. The maximum absolute atomic E-state index is 13.1. The minimum atomic E-state index is -0.441. The quantitative estimate of drug-likeness (QED) is 0.334. The summed E-state index contributed by atoms with van der Waals surface area (Å²) in [5.41, 5.74) is 1.80. The van der Waals surface area contributed by atoms with Crippen LogP contribution in [0.3, 0.4) is 0 Å². The van der Waals surface area contributed by atoms with Gasteiger partial charge in [0.1, 0.15) is 6.61 Å². The van der Waals surface area contributed by atoms with E-state index in [-0.39, 0.29) is 51.7 Å². The van der Waals surface area contributed by atoms with Crippen LogP contribution in [0, 0.1) is 23.7 Å². The van der Waals surface area contributed by atoms with Crippen LogP contribution < -0.4 is 4.90 Å². The molecule has 3 aliphatic rings. The Morgan fingerprint density at radius 2 is 1.47 bits per heavy atom. The van der Waals surface area contributed by atoms with Crippen LogP contribution in [0.5, 0.6) is 0 Å². The zero-order valence-electron chi connectivity index (χ0n) is 15.9. The lowest BCUT2D eigenvalue weighted by molar-refractivity contribution is -0.123. The number of hydrogen-bond donors (Lipinski definition) is 0. The molecule has 0 spiro atoms. The summed E-state index contributed by atoms with van der Waals surface area (Å²) in [6.07, 6.45) is 0.901. The number of hydrogen-bond acceptors (Lipinski definition) is 4. The number of carbonyl (C=O) groups excluding carboxylic acids is 3. The highest BCUT2D eigenvalue weighted by Crippen LogP contribution is 2.60. The van der Waals surface area contributed by atoms with Crippen molar-refractivity contribution in [1.29, 1.82) is 0 Å². The summed E-state index contributed by atoms with van der Waals surface area (Å²) in [4.78, 5) is 40.2. The number of amides is 2. The average molecular weight is 533 g/mol. The number of nitrogens with zero attached hydrogens (tertiary/aromatic N) is 1. The van der Waals surface area contributed by atoms with E-state index >= 15 is 0 Å². The first-order valence-corrected chi connectivity index (χ1v) is 11.8. The Bertz CT molecular complexity index is 978. The van der Waals surface area contributed by atoms with Gasteiger partial charge in [-0.15, -0.1) is 0 Å². The van der Waals surface area contributed by atoms with Crippen molar-refractivity contribution in [3.05, 3.63) is 65.7 Å². The predicted molar refractivity (Wildman–Crippen MR) is 119 cm³/mol. The van der Waals surface area contributed by atoms with E-state index in [0.717, 1.165) is 12.0 Å². The van der Waals surface area contributed by atoms with E-state index in [4.69, 9.17) is 4.74 Å². The van der Waals surface area contributed by atoms with Crippen LogP contribution in [0.2, 0.25) is 0 Å². The molecule has 3 fully saturated rings. The maximum atomic E-state index is 13.1. The van der Waals surface area contributed by atoms with Crippen LogP contribution in [0.25, 0.3) is 0 Å². The average Bonchev–Trinajstić information content (AvgIpc) is 3.38. The molecule has 0 aromatic heterocycles. The second-order valence-corrected chi connectivity index (χ2v) is 10.2. The monoisotopic (exact) mass is 531 g/mol. The van der Waals surface area contributed by atoms with E-state index in [2.05, 4.69) is 31.9 Å². The number of halogens is 2.